The van der Waals surface area contributed by atoms with Gasteiger partial charge in [-0.15, -0.1) is 0 Å². The second-order valence-electron chi connectivity index (χ2n) is 5.36. The molecular formula is C16H16N3O3+. The number of carbonyl (C=O) groups is 1. The number of amides is 1. The van der Waals surface area contributed by atoms with E-state index in [1.807, 2.05) is 25.1 Å². The molecule has 22 heavy (non-hydrogen) atoms. The number of hydrogen-bond acceptors (Lipinski definition) is 3. The number of carbonyl (C=O) groups excluding carboxylic acids is 1. The second-order valence-corrected chi connectivity index (χ2v) is 5.36. The minimum atomic E-state index is -0.382. The minimum absolute atomic E-state index is 0.0648. The molecule has 2 aromatic rings. The van der Waals surface area contributed by atoms with Crippen molar-refractivity contribution in [3.8, 4) is 5.69 Å². The number of benzene rings is 1. The Kier molecular flexibility index (Phi) is 3.58. The van der Waals surface area contributed by atoms with Gasteiger partial charge in [0.25, 0.3) is 5.69 Å². The largest absolute Gasteiger partial charge is 0.340 e. The Hall–Kier alpha value is -2.76. The summed E-state index contributed by atoms with van der Waals surface area (Å²) in [7, 11) is 0. The molecule has 0 aliphatic carbocycles. The number of pyridine rings is 1. The third-order valence-corrected chi connectivity index (χ3v) is 3.80. The van der Waals surface area contributed by atoms with Crippen LogP contribution in [-0.2, 0) is 4.79 Å². The van der Waals surface area contributed by atoms with E-state index in [0.717, 1.165) is 24.2 Å². The predicted molar refractivity (Wildman–Crippen MR) is 81.0 cm³/mol. The lowest BCUT2D eigenvalue weighted by Gasteiger charge is -2.14. The molecule has 0 atom stereocenters. The van der Waals surface area contributed by atoms with Gasteiger partial charge in [0, 0.05) is 37.2 Å². The number of hydrogen-bond donors (Lipinski definition) is 0. The van der Waals surface area contributed by atoms with Crippen molar-refractivity contribution in [1.29, 1.82) is 0 Å². The van der Waals surface area contributed by atoms with Crippen LogP contribution in [-0.4, -0.2) is 17.4 Å². The quantitative estimate of drug-likeness (QED) is 0.496. The molecule has 0 radical (unpaired) electrons. The Labute approximate surface area is 127 Å². The zero-order valence-corrected chi connectivity index (χ0v) is 12.2. The van der Waals surface area contributed by atoms with Crippen LogP contribution in [0.3, 0.4) is 0 Å². The van der Waals surface area contributed by atoms with Gasteiger partial charge >= 0.3 is 5.69 Å². The number of aryl methyl sites for hydroxylation is 1. The number of rotatable bonds is 3. The molecule has 0 N–H and O–H groups in total. The molecule has 1 saturated heterocycles. The van der Waals surface area contributed by atoms with E-state index in [1.165, 1.54) is 0 Å². The maximum atomic E-state index is 11.7. The summed E-state index contributed by atoms with van der Waals surface area (Å²) in [5, 5.41) is 11.2. The molecule has 1 aliphatic heterocycles. The molecule has 112 valence electrons. The number of aromatic nitrogens is 1. The fourth-order valence-electron chi connectivity index (χ4n) is 2.68. The highest BCUT2D eigenvalue weighted by atomic mass is 16.6. The van der Waals surface area contributed by atoms with E-state index in [2.05, 4.69) is 0 Å². The molecule has 2 heterocycles. The maximum absolute atomic E-state index is 11.7. The van der Waals surface area contributed by atoms with Crippen LogP contribution in [0, 0.1) is 17.0 Å². The summed E-state index contributed by atoms with van der Waals surface area (Å²) < 4.78 is 1.70. The van der Waals surface area contributed by atoms with Gasteiger partial charge in [-0.05, 0) is 18.9 Å². The fourth-order valence-corrected chi connectivity index (χ4v) is 2.68. The van der Waals surface area contributed by atoms with E-state index in [1.54, 1.807) is 34.0 Å². The normalized spacial score (nSPS) is 14.4. The van der Waals surface area contributed by atoms with Crippen molar-refractivity contribution < 1.29 is 14.3 Å². The van der Waals surface area contributed by atoms with Crippen molar-refractivity contribution in [3.63, 3.8) is 0 Å². The summed E-state index contributed by atoms with van der Waals surface area (Å²) in [5.74, 6) is 0.124. The van der Waals surface area contributed by atoms with E-state index in [-0.39, 0.29) is 16.5 Å². The third kappa shape index (κ3) is 2.55. The predicted octanol–water partition coefficient (Wildman–Crippen LogP) is 2.31. The molecule has 0 saturated carbocycles. The van der Waals surface area contributed by atoms with Crippen LogP contribution in [0.1, 0.15) is 18.4 Å². The van der Waals surface area contributed by atoms with Crippen molar-refractivity contribution in [2.75, 3.05) is 11.4 Å². The summed E-state index contributed by atoms with van der Waals surface area (Å²) in [4.78, 5) is 24.3. The van der Waals surface area contributed by atoms with Gasteiger partial charge in [-0.2, -0.15) is 4.57 Å². The average Bonchev–Trinajstić information content (AvgIpc) is 2.93. The minimum Gasteiger partial charge on any atom is -0.312 e. The summed E-state index contributed by atoms with van der Waals surface area (Å²) >= 11 is 0. The molecular weight excluding hydrogens is 282 g/mol. The molecule has 6 nitrogen and oxygen atoms in total. The smallest absolute Gasteiger partial charge is 0.312 e. The van der Waals surface area contributed by atoms with Gasteiger partial charge in [-0.25, -0.2) is 0 Å². The van der Waals surface area contributed by atoms with Crippen molar-refractivity contribution >= 4 is 17.3 Å². The third-order valence-electron chi connectivity index (χ3n) is 3.80. The van der Waals surface area contributed by atoms with Crippen LogP contribution in [0.4, 0.5) is 11.4 Å². The van der Waals surface area contributed by atoms with Gasteiger partial charge in [0.1, 0.15) is 0 Å². The highest BCUT2D eigenvalue weighted by Crippen LogP contribution is 2.22. The van der Waals surface area contributed by atoms with Gasteiger partial charge < -0.3 is 4.90 Å². The molecule has 6 heteroatoms. The summed E-state index contributed by atoms with van der Waals surface area (Å²) in [6.45, 7) is 2.55. The zero-order chi connectivity index (χ0) is 15.7. The maximum Gasteiger partial charge on any atom is 0.340 e. The van der Waals surface area contributed by atoms with Gasteiger partial charge in [-0.3, -0.25) is 14.9 Å². The molecule has 1 fully saturated rings. The van der Waals surface area contributed by atoms with Crippen LogP contribution in [0.2, 0.25) is 0 Å². The first-order valence-electron chi connectivity index (χ1n) is 7.13. The molecule has 0 unspecified atom stereocenters. The first-order chi connectivity index (χ1) is 10.6. The lowest BCUT2D eigenvalue weighted by atomic mass is 10.2. The zero-order valence-electron chi connectivity index (χ0n) is 12.2. The molecule has 0 spiro atoms. The molecule has 1 aromatic heterocycles. The highest BCUT2D eigenvalue weighted by Gasteiger charge is 2.25. The van der Waals surface area contributed by atoms with Gasteiger partial charge in [0.15, 0.2) is 12.4 Å². The van der Waals surface area contributed by atoms with E-state index in [4.69, 9.17) is 0 Å². The topological polar surface area (TPSA) is 67.3 Å². The van der Waals surface area contributed by atoms with E-state index < -0.39 is 0 Å². The van der Waals surface area contributed by atoms with Crippen LogP contribution in [0.25, 0.3) is 5.69 Å². The molecule has 3 rings (SSSR count). The van der Waals surface area contributed by atoms with E-state index >= 15 is 0 Å². The fraction of sp³-hybridized carbons (Fsp3) is 0.250. The standard InChI is InChI=1S/C16H16N3O3/c1-12-4-5-14(15(11-12)19(21)22)17-9-6-13(7-10-17)18-8-2-3-16(18)20/h4-7,9-11H,2-3,8H2,1H3/q+1. The van der Waals surface area contributed by atoms with Crippen molar-refractivity contribution in [1.82, 2.24) is 0 Å². The Morgan fingerprint density at radius 1 is 1.23 bits per heavy atom. The first-order valence-corrected chi connectivity index (χ1v) is 7.13. The first kappa shape index (κ1) is 14.2. The number of nitrogens with zero attached hydrogens (tertiary/aromatic N) is 3. The van der Waals surface area contributed by atoms with Crippen LogP contribution in [0.15, 0.2) is 42.7 Å². The van der Waals surface area contributed by atoms with Crippen molar-refractivity contribution in [2.24, 2.45) is 0 Å². The lowest BCUT2D eigenvalue weighted by molar-refractivity contribution is -0.600. The van der Waals surface area contributed by atoms with E-state index in [0.29, 0.717) is 12.1 Å². The van der Waals surface area contributed by atoms with Crippen molar-refractivity contribution in [3.05, 3.63) is 58.4 Å². The summed E-state index contributed by atoms with van der Waals surface area (Å²) in [6.07, 6.45) is 4.95. The number of nitro benzene ring substituents is 1. The Balaban J connectivity index is 1.96. The molecule has 1 amide bonds. The Morgan fingerprint density at radius 3 is 2.55 bits per heavy atom. The van der Waals surface area contributed by atoms with Crippen LogP contribution in [0.5, 0.6) is 0 Å². The SMILES string of the molecule is Cc1ccc(-[n+]2ccc(N3CCCC3=O)cc2)c([N+](=O)[O-])c1. The van der Waals surface area contributed by atoms with Gasteiger partial charge in [0.05, 0.1) is 10.6 Å². The summed E-state index contributed by atoms with van der Waals surface area (Å²) in [6, 6.07) is 8.75. The average molecular weight is 298 g/mol. The number of anilines is 1. The van der Waals surface area contributed by atoms with Gasteiger partial charge in [-0.1, -0.05) is 6.07 Å². The Bertz CT molecular complexity index is 741. The molecule has 1 aliphatic rings. The van der Waals surface area contributed by atoms with Gasteiger partial charge in [0.2, 0.25) is 5.91 Å². The monoisotopic (exact) mass is 298 g/mol. The summed E-state index contributed by atoms with van der Waals surface area (Å²) in [5.41, 5.74) is 2.24. The second kappa shape index (κ2) is 5.55. The Morgan fingerprint density at radius 2 is 1.95 bits per heavy atom. The van der Waals surface area contributed by atoms with Crippen molar-refractivity contribution in [2.45, 2.75) is 19.8 Å². The van der Waals surface area contributed by atoms with E-state index in [9.17, 15) is 14.9 Å². The molecule has 1 aromatic carbocycles. The van der Waals surface area contributed by atoms with Crippen LogP contribution >= 0.6 is 0 Å². The highest BCUT2D eigenvalue weighted by molar-refractivity contribution is 5.95. The lowest BCUT2D eigenvalue weighted by Crippen LogP contribution is -2.32. The molecule has 0 bridgehead atoms. The van der Waals surface area contributed by atoms with Crippen LogP contribution < -0.4 is 9.47 Å². The number of nitro groups is 1.